The number of benzene rings is 2. The Labute approximate surface area is 210 Å². The van der Waals surface area contributed by atoms with E-state index in [0.717, 1.165) is 5.56 Å². The zero-order valence-electron chi connectivity index (χ0n) is 20.5. The van der Waals surface area contributed by atoms with E-state index in [1.807, 2.05) is 30.3 Å². The summed E-state index contributed by atoms with van der Waals surface area (Å²) >= 11 is 0. The fraction of sp³-hybridized carbons (Fsp3) is 0.207. The Balaban J connectivity index is 1.70. The van der Waals surface area contributed by atoms with Crippen molar-refractivity contribution < 1.29 is 23.5 Å². The maximum Gasteiger partial charge on any atom is 0.336 e. The number of nitriles is 1. The van der Waals surface area contributed by atoms with Crippen LogP contribution in [0.1, 0.15) is 49.1 Å². The van der Waals surface area contributed by atoms with E-state index in [1.54, 1.807) is 43.3 Å². The number of esters is 1. The molecule has 0 unspecified atom stereocenters. The summed E-state index contributed by atoms with van der Waals surface area (Å²) in [7, 11) is 0. The highest BCUT2D eigenvalue weighted by Crippen LogP contribution is 2.30. The van der Waals surface area contributed by atoms with Gasteiger partial charge in [-0.2, -0.15) is 5.26 Å². The van der Waals surface area contributed by atoms with Crippen LogP contribution in [-0.2, 0) is 16.1 Å². The average Bonchev–Trinajstić information content (AvgIpc) is 3.40. The van der Waals surface area contributed by atoms with E-state index in [2.05, 4.69) is 19.2 Å². The topological polar surface area (TPSA) is 102 Å². The zero-order valence-corrected chi connectivity index (χ0v) is 20.5. The van der Waals surface area contributed by atoms with Gasteiger partial charge in [-0.1, -0.05) is 44.2 Å². The molecule has 184 valence electrons. The van der Waals surface area contributed by atoms with Gasteiger partial charge in [-0.25, -0.2) is 4.79 Å². The first-order valence-electron chi connectivity index (χ1n) is 11.6. The third-order valence-corrected chi connectivity index (χ3v) is 5.17. The minimum absolute atomic E-state index is 0.0832. The standard InChI is InChI=1S/C29H28N2O5/c1-4-34-27-17-22(16-24(18-30)29(33)31-19-25-6-5-15-35-25)9-13-26(27)36-28(32)14-10-21-7-11-23(12-8-21)20(2)3/h5-17,20H,4,19H2,1-3H3,(H,31,33)/b14-10+,24-16+. The molecular formula is C29H28N2O5. The largest absolute Gasteiger partial charge is 0.490 e. The number of ether oxygens (including phenoxy) is 2. The van der Waals surface area contributed by atoms with Crippen molar-refractivity contribution in [2.45, 2.75) is 33.2 Å². The molecule has 0 spiro atoms. The molecule has 0 radical (unpaired) electrons. The minimum Gasteiger partial charge on any atom is -0.490 e. The van der Waals surface area contributed by atoms with E-state index in [-0.39, 0.29) is 17.9 Å². The minimum atomic E-state index is -0.554. The molecule has 0 atom stereocenters. The molecule has 2 aromatic carbocycles. The summed E-state index contributed by atoms with van der Waals surface area (Å²) in [4.78, 5) is 24.8. The van der Waals surface area contributed by atoms with Crippen LogP contribution in [-0.4, -0.2) is 18.5 Å². The van der Waals surface area contributed by atoms with Crippen molar-refractivity contribution in [1.82, 2.24) is 5.32 Å². The molecule has 1 aromatic heterocycles. The SMILES string of the molecule is CCOc1cc(/C=C(\C#N)C(=O)NCc2ccco2)ccc1OC(=O)/C=C/c1ccc(C(C)C)cc1. The van der Waals surface area contributed by atoms with E-state index in [9.17, 15) is 14.9 Å². The fourth-order valence-corrected chi connectivity index (χ4v) is 3.26. The summed E-state index contributed by atoms with van der Waals surface area (Å²) in [5, 5.41) is 12.1. The summed E-state index contributed by atoms with van der Waals surface area (Å²) in [6.45, 7) is 6.55. The first-order chi connectivity index (χ1) is 17.4. The number of nitrogens with zero attached hydrogens (tertiary/aromatic N) is 1. The van der Waals surface area contributed by atoms with Crippen LogP contribution in [0.25, 0.3) is 12.2 Å². The molecular weight excluding hydrogens is 456 g/mol. The zero-order chi connectivity index (χ0) is 25.9. The van der Waals surface area contributed by atoms with Gasteiger partial charge in [-0.3, -0.25) is 4.79 Å². The summed E-state index contributed by atoms with van der Waals surface area (Å²) in [5.74, 6) is 0.480. The van der Waals surface area contributed by atoms with Crippen LogP contribution in [0.5, 0.6) is 11.5 Å². The van der Waals surface area contributed by atoms with Crippen molar-refractivity contribution in [3.8, 4) is 17.6 Å². The van der Waals surface area contributed by atoms with Crippen molar-refractivity contribution in [3.63, 3.8) is 0 Å². The third kappa shape index (κ3) is 7.47. The molecule has 0 saturated carbocycles. The molecule has 1 N–H and O–H groups in total. The van der Waals surface area contributed by atoms with Gasteiger partial charge in [-0.05, 0) is 65.9 Å². The van der Waals surface area contributed by atoms with Crippen LogP contribution in [0.15, 0.2) is 76.9 Å². The van der Waals surface area contributed by atoms with Crippen molar-refractivity contribution in [1.29, 1.82) is 5.26 Å². The van der Waals surface area contributed by atoms with Crippen LogP contribution in [0.2, 0.25) is 0 Å². The average molecular weight is 485 g/mol. The lowest BCUT2D eigenvalue weighted by atomic mass is 10.0. The first-order valence-corrected chi connectivity index (χ1v) is 11.6. The van der Waals surface area contributed by atoms with E-state index >= 15 is 0 Å². The second kappa shape index (κ2) is 12.8. The van der Waals surface area contributed by atoms with Crippen LogP contribution in [0.4, 0.5) is 0 Å². The van der Waals surface area contributed by atoms with Crippen molar-refractivity contribution in [2.24, 2.45) is 0 Å². The number of hydrogen-bond donors (Lipinski definition) is 1. The van der Waals surface area contributed by atoms with Gasteiger partial charge in [0.25, 0.3) is 5.91 Å². The maximum atomic E-state index is 12.4. The molecule has 0 aliphatic rings. The lowest BCUT2D eigenvalue weighted by Crippen LogP contribution is -2.23. The monoisotopic (exact) mass is 484 g/mol. The molecule has 0 saturated heterocycles. The lowest BCUT2D eigenvalue weighted by molar-refractivity contribution is -0.129. The predicted molar refractivity (Wildman–Crippen MR) is 137 cm³/mol. The smallest absolute Gasteiger partial charge is 0.336 e. The van der Waals surface area contributed by atoms with E-state index in [4.69, 9.17) is 13.9 Å². The van der Waals surface area contributed by atoms with Gasteiger partial charge in [0.2, 0.25) is 0 Å². The summed E-state index contributed by atoms with van der Waals surface area (Å²) in [6, 6.07) is 18.1. The normalized spacial score (nSPS) is 11.4. The number of nitrogens with one attached hydrogen (secondary N) is 1. The number of furan rings is 1. The highest BCUT2D eigenvalue weighted by Gasteiger charge is 2.13. The number of rotatable bonds is 10. The van der Waals surface area contributed by atoms with Crippen LogP contribution >= 0.6 is 0 Å². The molecule has 0 aliphatic carbocycles. The first kappa shape index (κ1) is 26.0. The summed E-state index contributed by atoms with van der Waals surface area (Å²) in [5.41, 5.74) is 2.57. The second-order valence-electron chi connectivity index (χ2n) is 8.15. The molecule has 1 heterocycles. The number of amides is 1. The lowest BCUT2D eigenvalue weighted by Gasteiger charge is -2.11. The van der Waals surface area contributed by atoms with Gasteiger partial charge in [0.1, 0.15) is 17.4 Å². The molecule has 0 bridgehead atoms. The Morgan fingerprint density at radius 2 is 1.83 bits per heavy atom. The van der Waals surface area contributed by atoms with Gasteiger partial charge in [0.15, 0.2) is 11.5 Å². The van der Waals surface area contributed by atoms with Gasteiger partial charge < -0.3 is 19.2 Å². The Kier molecular flexibility index (Phi) is 9.24. The van der Waals surface area contributed by atoms with Crippen LogP contribution < -0.4 is 14.8 Å². The van der Waals surface area contributed by atoms with E-state index in [0.29, 0.717) is 29.6 Å². The summed E-state index contributed by atoms with van der Waals surface area (Å²) < 4.78 is 16.3. The fourth-order valence-electron chi connectivity index (χ4n) is 3.26. The van der Waals surface area contributed by atoms with Gasteiger partial charge in [0, 0.05) is 6.08 Å². The Morgan fingerprint density at radius 1 is 1.08 bits per heavy atom. The molecule has 36 heavy (non-hydrogen) atoms. The Morgan fingerprint density at radius 3 is 2.47 bits per heavy atom. The van der Waals surface area contributed by atoms with Gasteiger partial charge in [0.05, 0.1) is 19.4 Å². The van der Waals surface area contributed by atoms with Crippen molar-refractivity contribution >= 4 is 24.0 Å². The molecule has 1 amide bonds. The predicted octanol–water partition coefficient (Wildman–Crippen LogP) is 5.64. The quantitative estimate of drug-likeness (QED) is 0.173. The Hall–Kier alpha value is -4.57. The van der Waals surface area contributed by atoms with E-state index in [1.165, 1.54) is 24.0 Å². The molecule has 7 heteroatoms. The van der Waals surface area contributed by atoms with Crippen molar-refractivity contribution in [2.75, 3.05) is 6.61 Å². The van der Waals surface area contributed by atoms with E-state index < -0.39 is 11.9 Å². The van der Waals surface area contributed by atoms with Crippen LogP contribution in [0.3, 0.4) is 0 Å². The van der Waals surface area contributed by atoms with Crippen molar-refractivity contribution in [3.05, 3.63) is 95.0 Å². The second-order valence-corrected chi connectivity index (χ2v) is 8.15. The molecule has 3 rings (SSSR count). The molecule has 0 aliphatic heterocycles. The van der Waals surface area contributed by atoms with Gasteiger partial charge in [-0.15, -0.1) is 0 Å². The number of carbonyl (C=O) groups is 2. The number of hydrogen-bond acceptors (Lipinski definition) is 6. The highest BCUT2D eigenvalue weighted by molar-refractivity contribution is 6.01. The third-order valence-electron chi connectivity index (χ3n) is 5.17. The number of carbonyl (C=O) groups excluding carboxylic acids is 2. The molecule has 7 nitrogen and oxygen atoms in total. The van der Waals surface area contributed by atoms with Crippen LogP contribution in [0, 0.1) is 11.3 Å². The molecule has 0 fully saturated rings. The Bertz CT molecular complexity index is 1280. The maximum absolute atomic E-state index is 12.4. The highest BCUT2D eigenvalue weighted by atomic mass is 16.6. The molecule has 3 aromatic rings. The summed E-state index contributed by atoms with van der Waals surface area (Å²) in [6.07, 6.45) is 5.98. The van der Waals surface area contributed by atoms with Gasteiger partial charge >= 0.3 is 5.97 Å².